The zero-order chi connectivity index (χ0) is 14.5. The molecule has 2 atom stereocenters. The summed E-state index contributed by atoms with van der Waals surface area (Å²) in [4.78, 5) is 8.24. The minimum Gasteiger partial charge on any atom is -0.366 e. The summed E-state index contributed by atoms with van der Waals surface area (Å²) < 4.78 is 0. The van der Waals surface area contributed by atoms with Crippen molar-refractivity contribution < 1.29 is 0 Å². The van der Waals surface area contributed by atoms with Crippen molar-refractivity contribution in [3.05, 3.63) is 46.4 Å². The molecular weight excluding hydrogens is 266 g/mol. The molecule has 0 saturated carbocycles. The van der Waals surface area contributed by atoms with Crippen LogP contribution in [0, 0.1) is 0 Å². The quantitative estimate of drug-likeness (QED) is 0.871. The van der Waals surface area contributed by atoms with Crippen molar-refractivity contribution in [3.8, 4) is 0 Å². The lowest BCUT2D eigenvalue weighted by Crippen LogP contribution is -2.21. The van der Waals surface area contributed by atoms with E-state index in [4.69, 9.17) is 0 Å². The van der Waals surface area contributed by atoms with E-state index in [1.807, 2.05) is 13.2 Å². The first-order valence-electron chi connectivity index (χ1n) is 7.06. The smallest absolute Gasteiger partial charge is 0.0604 e. The fourth-order valence-electron chi connectivity index (χ4n) is 2.32. The summed E-state index contributed by atoms with van der Waals surface area (Å²) in [5, 5.41) is 5.41. The van der Waals surface area contributed by atoms with Gasteiger partial charge in [-0.25, -0.2) is 0 Å². The topological polar surface area (TPSA) is 28.2 Å². The minimum atomic E-state index is 0.337. The zero-order valence-corrected chi connectivity index (χ0v) is 13.4. The van der Waals surface area contributed by atoms with Crippen LogP contribution in [0.15, 0.2) is 35.8 Å². The summed E-state index contributed by atoms with van der Waals surface area (Å²) in [7, 11) is 4.10. The maximum Gasteiger partial charge on any atom is 0.0604 e. The third-order valence-corrected chi connectivity index (χ3v) is 4.87. The second-order valence-corrected chi connectivity index (χ2v) is 5.97. The van der Waals surface area contributed by atoms with E-state index in [-0.39, 0.29) is 0 Å². The van der Waals surface area contributed by atoms with E-state index in [9.17, 15) is 0 Å². The van der Waals surface area contributed by atoms with Gasteiger partial charge in [-0.1, -0.05) is 13.0 Å². The molecule has 1 N–H and O–H groups in total. The predicted octanol–water partition coefficient (Wildman–Crippen LogP) is 4.01. The van der Waals surface area contributed by atoms with Crippen molar-refractivity contribution in [1.29, 1.82) is 0 Å². The lowest BCUT2D eigenvalue weighted by atomic mass is 10.1. The van der Waals surface area contributed by atoms with E-state index in [0.717, 1.165) is 17.8 Å². The molecule has 2 rings (SSSR count). The number of hydrogen-bond donors (Lipinski definition) is 1. The lowest BCUT2D eigenvalue weighted by molar-refractivity contribution is 0.561. The summed E-state index contributed by atoms with van der Waals surface area (Å²) in [6, 6.07) is 9.27. The van der Waals surface area contributed by atoms with Crippen LogP contribution in [0.4, 0.5) is 5.69 Å². The van der Waals surface area contributed by atoms with Gasteiger partial charge in [-0.3, -0.25) is 4.98 Å². The summed E-state index contributed by atoms with van der Waals surface area (Å²) in [5.41, 5.74) is 2.26. The van der Waals surface area contributed by atoms with Crippen LogP contribution in [0.2, 0.25) is 0 Å². The Morgan fingerprint density at radius 2 is 2.15 bits per heavy atom. The monoisotopic (exact) mass is 289 g/mol. The highest BCUT2D eigenvalue weighted by Gasteiger charge is 2.14. The number of rotatable bonds is 6. The van der Waals surface area contributed by atoms with E-state index < -0.39 is 0 Å². The first-order valence-corrected chi connectivity index (χ1v) is 7.94. The van der Waals surface area contributed by atoms with Crippen LogP contribution >= 0.6 is 11.3 Å². The first kappa shape index (κ1) is 15.0. The highest BCUT2D eigenvalue weighted by molar-refractivity contribution is 7.10. The molecule has 108 valence electrons. The highest BCUT2D eigenvalue weighted by atomic mass is 32.1. The van der Waals surface area contributed by atoms with Crippen LogP contribution < -0.4 is 10.2 Å². The Morgan fingerprint density at radius 1 is 1.35 bits per heavy atom. The molecule has 0 saturated heterocycles. The van der Waals surface area contributed by atoms with Crippen molar-refractivity contribution in [3.63, 3.8) is 0 Å². The number of nitrogens with zero attached hydrogens (tertiary/aromatic N) is 2. The molecule has 0 amide bonds. The maximum absolute atomic E-state index is 4.60. The average Bonchev–Trinajstić information content (AvgIpc) is 3.02. The standard InChI is InChI=1S/C16H23N3S/c1-5-14(17-3)15-9-8-13(11-18-15)19(4)12(2)16-7-6-10-20-16/h6-12,14,17H,5H2,1-4H3. The number of pyridine rings is 1. The van der Waals surface area contributed by atoms with Gasteiger partial charge in [-0.05, 0) is 44.0 Å². The van der Waals surface area contributed by atoms with Crippen molar-refractivity contribution in [1.82, 2.24) is 10.3 Å². The number of aromatic nitrogens is 1. The van der Waals surface area contributed by atoms with E-state index in [0.29, 0.717) is 12.1 Å². The van der Waals surface area contributed by atoms with Crippen LogP contribution in [0.1, 0.15) is 42.9 Å². The van der Waals surface area contributed by atoms with Crippen LogP contribution in [0.3, 0.4) is 0 Å². The summed E-state index contributed by atoms with van der Waals surface area (Å²) in [6.45, 7) is 4.39. The lowest BCUT2D eigenvalue weighted by Gasteiger charge is -2.26. The van der Waals surface area contributed by atoms with Gasteiger partial charge in [0.1, 0.15) is 0 Å². The largest absolute Gasteiger partial charge is 0.366 e. The molecule has 2 aromatic heterocycles. The molecule has 2 heterocycles. The fraction of sp³-hybridized carbons (Fsp3) is 0.438. The molecule has 20 heavy (non-hydrogen) atoms. The van der Waals surface area contributed by atoms with Crippen molar-refractivity contribution in [2.75, 3.05) is 19.0 Å². The van der Waals surface area contributed by atoms with Gasteiger partial charge < -0.3 is 10.2 Å². The Morgan fingerprint density at radius 3 is 2.65 bits per heavy atom. The molecule has 0 fully saturated rings. The summed E-state index contributed by atoms with van der Waals surface area (Å²) in [6.07, 6.45) is 3.02. The maximum atomic E-state index is 4.60. The van der Waals surface area contributed by atoms with Crippen molar-refractivity contribution >= 4 is 17.0 Å². The Bertz CT molecular complexity index is 503. The Labute approximate surface area is 125 Å². The van der Waals surface area contributed by atoms with E-state index in [2.05, 4.69) is 65.7 Å². The van der Waals surface area contributed by atoms with Crippen LogP contribution in [0.5, 0.6) is 0 Å². The Balaban J connectivity index is 2.13. The molecule has 2 aromatic rings. The van der Waals surface area contributed by atoms with Crippen LogP contribution in [-0.4, -0.2) is 19.1 Å². The predicted molar refractivity (Wildman–Crippen MR) is 87.5 cm³/mol. The van der Waals surface area contributed by atoms with Gasteiger partial charge in [0.25, 0.3) is 0 Å². The normalized spacial score (nSPS) is 14.0. The molecule has 2 unspecified atom stereocenters. The number of anilines is 1. The molecular formula is C16H23N3S. The summed E-state index contributed by atoms with van der Waals surface area (Å²) >= 11 is 1.80. The van der Waals surface area contributed by atoms with Gasteiger partial charge in [0.15, 0.2) is 0 Å². The van der Waals surface area contributed by atoms with Crippen LogP contribution in [0.25, 0.3) is 0 Å². The van der Waals surface area contributed by atoms with Crippen molar-refractivity contribution in [2.24, 2.45) is 0 Å². The molecule has 3 nitrogen and oxygen atoms in total. The molecule has 0 bridgehead atoms. The minimum absolute atomic E-state index is 0.337. The van der Waals surface area contributed by atoms with Gasteiger partial charge in [-0.2, -0.15) is 0 Å². The third-order valence-electron chi connectivity index (χ3n) is 3.83. The van der Waals surface area contributed by atoms with Gasteiger partial charge >= 0.3 is 0 Å². The Hall–Kier alpha value is -1.39. The number of thiophene rings is 1. The van der Waals surface area contributed by atoms with Gasteiger partial charge in [0.2, 0.25) is 0 Å². The SMILES string of the molecule is CCC(NC)c1ccc(N(C)C(C)c2cccs2)cn1. The van der Waals surface area contributed by atoms with Gasteiger partial charge in [0.05, 0.1) is 23.6 Å². The van der Waals surface area contributed by atoms with Crippen molar-refractivity contribution in [2.45, 2.75) is 32.4 Å². The molecule has 0 aliphatic heterocycles. The second kappa shape index (κ2) is 6.86. The molecule has 0 spiro atoms. The van der Waals surface area contributed by atoms with E-state index in [1.165, 1.54) is 4.88 Å². The van der Waals surface area contributed by atoms with Crippen LogP contribution in [-0.2, 0) is 0 Å². The summed E-state index contributed by atoms with van der Waals surface area (Å²) in [5.74, 6) is 0. The first-order chi connectivity index (χ1) is 9.67. The molecule has 0 radical (unpaired) electrons. The second-order valence-electron chi connectivity index (χ2n) is 4.99. The number of hydrogen-bond acceptors (Lipinski definition) is 4. The fourth-order valence-corrected chi connectivity index (χ4v) is 3.14. The average molecular weight is 289 g/mol. The molecule has 0 aromatic carbocycles. The van der Waals surface area contributed by atoms with Gasteiger partial charge in [-0.15, -0.1) is 11.3 Å². The van der Waals surface area contributed by atoms with E-state index >= 15 is 0 Å². The molecule has 0 aliphatic rings. The molecule has 4 heteroatoms. The van der Waals surface area contributed by atoms with Gasteiger partial charge in [0, 0.05) is 18.0 Å². The Kier molecular flexibility index (Phi) is 5.15. The third kappa shape index (κ3) is 3.19. The van der Waals surface area contributed by atoms with E-state index in [1.54, 1.807) is 11.3 Å². The highest BCUT2D eigenvalue weighted by Crippen LogP contribution is 2.28. The zero-order valence-electron chi connectivity index (χ0n) is 12.6. The molecule has 0 aliphatic carbocycles. The number of nitrogens with one attached hydrogen (secondary N) is 1.